The number of rotatable bonds is 2. The van der Waals surface area contributed by atoms with E-state index in [2.05, 4.69) is 37.4 Å². The monoisotopic (exact) mass is 275 g/mol. The molecule has 0 amide bonds. The summed E-state index contributed by atoms with van der Waals surface area (Å²) in [6.45, 7) is 11.5. The van der Waals surface area contributed by atoms with Crippen molar-refractivity contribution in [2.24, 2.45) is 5.92 Å². The molecule has 0 radical (unpaired) electrons. The zero-order valence-electron chi connectivity index (χ0n) is 13.1. The Balaban J connectivity index is 2.20. The van der Waals surface area contributed by atoms with Crippen LogP contribution in [0.5, 0.6) is 0 Å². The number of nitrogens with one attached hydrogen (secondary N) is 1. The first-order chi connectivity index (χ1) is 9.26. The van der Waals surface area contributed by atoms with Gasteiger partial charge in [0.1, 0.15) is 5.60 Å². The highest BCUT2D eigenvalue weighted by Crippen LogP contribution is 2.31. The van der Waals surface area contributed by atoms with Gasteiger partial charge in [0.25, 0.3) is 0 Å². The maximum atomic E-state index is 12.4. The van der Waals surface area contributed by atoms with Crippen LogP contribution in [0, 0.1) is 19.8 Å². The van der Waals surface area contributed by atoms with E-state index in [9.17, 15) is 4.79 Å². The molecule has 1 saturated heterocycles. The fraction of sp³-hybridized carbons (Fsp3) is 0.588. The summed E-state index contributed by atoms with van der Waals surface area (Å²) in [5, 5.41) is 3.33. The molecule has 2 atom stereocenters. The second-order valence-corrected chi connectivity index (χ2v) is 6.83. The van der Waals surface area contributed by atoms with Crippen LogP contribution in [0.15, 0.2) is 18.2 Å². The number of ether oxygens (including phenoxy) is 1. The highest BCUT2D eigenvalue weighted by atomic mass is 16.6. The van der Waals surface area contributed by atoms with Crippen molar-refractivity contribution >= 4 is 5.97 Å². The lowest BCUT2D eigenvalue weighted by Crippen LogP contribution is -2.31. The summed E-state index contributed by atoms with van der Waals surface area (Å²) >= 11 is 0. The van der Waals surface area contributed by atoms with Crippen molar-refractivity contribution in [3.8, 4) is 0 Å². The molecule has 1 aliphatic rings. The van der Waals surface area contributed by atoms with Crippen molar-refractivity contribution < 1.29 is 9.53 Å². The number of hydrogen-bond donors (Lipinski definition) is 1. The first-order valence-corrected chi connectivity index (χ1v) is 7.28. The fourth-order valence-corrected chi connectivity index (χ4v) is 2.88. The largest absolute Gasteiger partial charge is 0.460 e. The molecular weight excluding hydrogens is 250 g/mol. The van der Waals surface area contributed by atoms with Gasteiger partial charge in [0.15, 0.2) is 0 Å². The van der Waals surface area contributed by atoms with Gasteiger partial charge in [0.05, 0.1) is 5.92 Å². The third kappa shape index (κ3) is 3.60. The van der Waals surface area contributed by atoms with Crippen molar-refractivity contribution in [2.75, 3.05) is 13.1 Å². The van der Waals surface area contributed by atoms with E-state index in [1.165, 1.54) is 16.7 Å². The third-order valence-electron chi connectivity index (χ3n) is 3.60. The molecule has 0 aromatic heterocycles. The van der Waals surface area contributed by atoms with Crippen molar-refractivity contribution in [1.29, 1.82) is 0 Å². The van der Waals surface area contributed by atoms with E-state index in [1.54, 1.807) is 0 Å². The molecule has 1 aliphatic heterocycles. The van der Waals surface area contributed by atoms with Gasteiger partial charge in [-0.1, -0.05) is 29.3 Å². The van der Waals surface area contributed by atoms with Gasteiger partial charge in [-0.05, 0) is 40.2 Å². The van der Waals surface area contributed by atoms with Gasteiger partial charge >= 0.3 is 5.97 Å². The maximum Gasteiger partial charge on any atom is 0.311 e. The summed E-state index contributed by atoms with van der Waals surface area (Å²) in [4.78, 5) is 12.4. The predicted molar refractivity (Wildman–Crippen MR) is 80.9 cm³/mol. The van der Waals surface area contributed by atoms with Gasteiger partial charge in [-0.2, -0.15) is 0 Å². The van der Waals surface area contributed by atoms with E-state index in [1.807, 2.05) is 20.8 Å². The van der Waals surface area contributed by atoms with Crippen molar-refractivity contribution in [3.63, 3.8) is 0 Å². The Morgan fingerprint density at radius 2 is 1.75 bits per heavy atom. The van der Waals surface area contributed by atoms with Gasteiger partial charge in [-0.15, -0.1) is 0 Å². The van der Waals surface area contributed by atoms with Crippen LogP contribution < -0.4 is 5.32 Å². The topological polar surface area (TPSA) is 38.3 Å². The lowest BCUT2D eigenvalue weighted by molar-refractivity contribution is -0.159. The minimum atomic E-state index is -0.424. The van der Waals surface area contributed by atoms with Crippen LogP contribution in [0.2, 0.25) is 0 Å². The molecule has 2 rings (SSSR count). The van der Waals surface area contributed by atoms with E-state index in [0.29, 0.717) is 6.54 Å². The van der Waals surface area contributed by atoms with E-state index in [0.717, 1.165) is 6.54 Å². The highest BCUT2D eigenvalue weighted by Gasteiger charge is 2.36. The van der Waals surface area contributed by atoms with Crippen LogP contribution >= 0.6 is 0 Å². The van der Waals surface area contributed by atoms with Gasteiger partial charge in [0.2, 0.25) is 0 Å². The Kier molecular flexibility index (Phi) is 4.19. The molecule has 0 saturated carbocycles. The standard InChI is InChI=1S/C17H25NO2/c1-11-6-12(2)8-13(7-11)14-9-18-10-15(14)16(19)20-17(3,4)5/h6-8,14-15,18H,9-10H2,1-5H3/t14-,15+/m0/s1. The van der Waals surface area contributed by atoms with Crippen LogP contribution in [-0.4, -0.2) is 24.7 Å². The number of hydrogen-bond acceptors (Lipinski definition) is 3. The van der Waals surface area contributed by atoms with Gasteiger partial charge < -0.3 is 10.1 Å². The fourth-order valence-electron chi connectivity index (χ4n) is 2.88. The van der Waals surface area contributed by atoms with Gasteiger partial charge in [-0.25, -0.2) is 0 Å². The Bertz CT molecular complexity index is 482. The molecule has 0 aliphatic carbocycles. The smallest absolute Gasteiger partial charge is 0.311 e. The molecular formula is C17H25NO2. The predicted octanol–water partition coefficient (Wildman–Crippen LogP) is 2.95. The summed E-state index contributed by atoms with van der Waals surface area (Å²) in [6, 6.07) is 6.53. The number of carbonyl (C=O) groups is 1. The molecule has 1 aromatic rings. The molecule has 110 valence electrons. The second kappa shape index (κ2) is 5.57. The minimum Gasteiger partial charge on any atom is -0.460 e. The molecule has 0 unspecified atom stereocenters. The first kappa shape index (κ1) is 15.0. The molecule has 1 fully saturated rings. The molecule has 3 nitrogen and oxygen atoms in total. The van der Waals surface area contributed by atoms with Gasteiger partial charge in [-0.3, -0.25) is 4.79 Å². The summed E-state index contributed by atoms with van der Waals surface area (Å²) < 4.78 is 5.55. The molecule has 0 bridgehead atoms. The Hall–Kier alpha value is -1.35. The first-order valence-electron chi connectivity index (χ1n) is 7.28. The number of benzene rings is 1. The number of carbonyl (C=O) groups excluding carboxylic acids is 1. The molecule has 0 spiro atoms. The lowest BCUT2D eigenvalue weighted by atomic mass is 9.87. The van der Waals surface area contributed by atoms with E-state index in [-0.39, 0.29) is 17.8 Å². The van der Waals surface area contributed by atoms with Gasteiger partial charge in [0, 0.05) is 19.0 Å². The van der Waals surface area contributed by atoms with Crippen LogP contribution in [-0.2, 0) is 9.53 Å². The second-order valence-electron chi connectivity index (χ2n) is 6.83. The minimum absolute atomic E-state index is 0.0876. The van der Waals surface area contributed by atoms with Crippen molar-refractivity contribution in [2.45, 2.75) is 46.1 Å². The quantitative estimate of drug-likeness (QED) is 0.843. The average Bonchev–Trinajstić information content (AvgIpc) is 2.73. The summed E-state index contributed by atoms with van der Waals surface area (Å²) in [6.07, 6.45) is 0. The Morgan fingerprint density at radius 1 is 1.15 bits per heavy atom. The molecule has 1 N–H and O–H groups in total. The van der Waals surface area contributed by atoms with Crippen LogP contribution in [0.25, 0.3) is 0 Å². The Labute approximate surface area is 121 Å². The van der Waals surface area contributed by atoms with Crippen LogP contribution in [0.1, 0.15) is 43.4 Å². The van der Waals surface area contributed by atoms with Crippen molar-refractivity contribution in [3.05, 3.63) is 34.9 Å². The van der Waals surface area contributed by atoms with Crippen LogP contribution in [0.4, 0.5) is 0 Å². The van der Waals surface area contributed by atoms with E-state index < -0.39 is 5.60 Å². The zero-order valence-corrected chi connectivity index (χ0v) is 13.1. The molecule has 20 heavy (non-hydrogen) atoms. The molecule has 3 heteroatoms. The normalized spacial score (nSPS) is 22.9. The third-order valence-corrected chi connectivity index (χ3v) is 3.60. The van der Waals surface area contributed by atoms with Crippen molar-refractivity contribution in [1.82, 2.24) is 5.32 Å². The van der Waals surface area contributed by atoms with Crippen LogP contribution in [0.3, 0.4) is 0 Å². The number of esters is 1. The summed E-state index contributed by atoms with van der Waals surface area (Å²) in [5.41, 5.74) is 3.31. The highest BCUT2D eigenvalue weighted by molar-refractivity contribution is 5.75. The molecule has 1 aromatic carbocycles. The van der Waals surface area contributed by atoms with E-state index >= 15 is 0 Å². The summed E-state index contributed by atoms with van der Waals surface area (Å²) in [5.74, 6) is 0.0329. The maximum absolute atomic E-state index is 12.4. The Morgan fingerprint density at radius 3 is 2.30 bits per heavy atom. The SMILES string of the molecule is Cc1cc(C)cc([C@@H]2CNC[C@H]2C(=O)OC(C)(C)C)c1. The van der Waals surface area contributed by atoms with E-state index in [4.69, 9.17) is 4.74 Å². The lowest BCUT2D eigenvalue weighted by Gasteiger charge is -2.25. The average molecular weight is 275 g/mol. The number of aryl methyl sites for hydroxylation is 2. The molecule has 1 heterocycles. The summed E-state index contributed by atoms with van der Waals surface area (Å²) in [7, 11) is 0. The zero-order chi connectivity index (χ0) is 14.9.